The van der Waals surface area contributed by atoms with Crippen LogP contribution in [0.2, 0.25) is 0 Å². The lowest BCUT2D eigenvalue weighted by Gasteiger charge is -2.39. The number of hydrogen-bond donors (Lipinski definition) is 6. The molecule has 2 aliphatic heterocycles. The van der Waals surface area contributed by atoms with Crippen molar-refractivity contribution in [2.45, 2.75) is 42.7 Å². The summed E-state index contributed by atoms with van der Waals surface area (Å²) in [6.07, 6.45) is -8.06. The Morgan fingerprint density at radius 1 is 0.938 bits per heavy atom. The highest BCUT2D eigenvalue weighted by Crippen LogP contribution is 2.44. The van der Waals surface area contributed by atoms with E-state index >= 15 is 0 Å². The van der Waals surface area contributed by atoms with Crippen LogP contribution in [0.1, 0.15) is 23.1 Å². The summed E-state index contributed by atoms with van der Waals surface area (Å²) in [7, 11) is 1.54. The van der Waals surface area contributed by atoms with E-state index in [9.17, 15) is 30.6 Å². The lowest BCUT2D eigenvalue weighted by Crippen LogP contribution is -2.60. The van der Waals surface area contributed by atoms with Crippen LogP contribution in [0, 0.1) is 0 Å². The fourth-order valence-corrected chi connectivity index (χ4v) is 3.97. The molecule has 6 N–H and O–H groups in total. The van der Waals surface area contributed by atoms with E-state index < -0.39 is 49.3 Å². The molecule has 7 atom stereocenters. The molecule has 32 heavy (non-hydrogen) atoms. The number of aliphatic hydroxyl groups excluding tert-OH is 5. The van der Waals surface area contributed by atoms with Crippen molar-refractivity contribution in [3.05, 3.63) is 47.5 Å². The maximum atomic E-state index is 10.8. The first-order valence-corrected chi connectivity index (χ1v) is 10.1. The van der Waals surface area contributed by atoms with Crippen molar-refractivity contribution >= 4 is 0 Å². The van der Waals surface area contributed by atoms with Gasteiger partial charge in [-0.05, 0) is 18.2 Å². The van der Waals surface area contributed by atoms with Gasteiger partial charge in [0.05, 0.1) is 32.3 Å². The van der Waals surface area contributed by atoms with Crippen molar-refractivity contribution in [1.82, 2.24) is 0 Å². The smallest absolute Gasteiger partial charge is 0.229 e. The van der Waals surface area contributed by atoms with Gasteiger partial charge in [0.25, 0.3) is 0 Å². The van der Waals surface area contributed by atoms with Crippen molar-refractivity contribution < 1.29 is 49.6 Å². The average Bonchev–Trinajstić information content (AvgIpc) is 2.80. The minimum atomic E-state index is -1.58. The molecule has 10 heteroatoms. The zero-order chi connectivity index (χ0) is 23.0. The van der Waals surface area contributed by atoms with Gasteiger partial charge in [0.2, 0.25) is 6.29 Å². The number of aliphatic hydroxyl groups is 5. The quantitative estimate of drug-likeness (QED) is 0.360. The molecule has 0 spiro atoms. The molecule has 174 valence electrons. The van der Waals surface area contributed by atoms with Gasteiger partial charge < -0.3 is 49.6 Å². The summed E-state index contributed by atoms with van der Waals surface area (Å²) < 4.78 is 21.8. The van der Waals surface area contributed by atoms with Crippen LogP contribution in [0.25, 0.3) is 0 Å². The van der Waals surface area contributed by atoms with Crippen LogP contribution in [-0.4, -0.2) is 81.7 Å². The van der Waals surface area contributed by atoms with E-state index in [1.807, 2.05) is 0 Å². The third kappa shape index (κ3) is 4.08. The molecule has 0 aliphatic carbocycles. The van der Waals surface area contributed by atoms with Crippen molar-refractivity contribution in [3.63, 3.8) is 0 Å². The molecule has 2 heterocycles. The minimum absolute atomic E-state index is 0.118. The monoisotopic (exact) mass is 450 g/mol. The Labute approximate surface area is 183 Å². The highest BCUT2D eigenvalue weighted by Gasteiger charge is 2.44. The molecule has 1 fully saturated rings. The Morgan fingerprint density at radius 3 is 2.34 bits per heavy atom. The van der Waals surface area contributed by atoms with Gasteiger partial charge in [-0.25, -0.2) is 0 Å². The summed E-state index contributed by atoms with van der Waals surface area (Å²) in [5.74, 6) is 0.517. The number of phenols is 1. The van der Waals surface area contributed by atoms with Gasteiger partial charge in [0.15, 0.2) is 0 Å². The van der Waals surface area contributed by atoms with E-state index in [1.54, 1.807) is 24.3 Å². The molecule has 0 radical (unpaired) electrons. The van der Waals surface area contributed by atoms with Crippen LogP contribution < -0.4 is 14.2 Å². The summed E-state index contributed by atoms with van der Waals surface area (Å²) in [5.41, 5.74) is 1.00. The van der Waals surface area contributed by atoms with Crippen LogP contribution in [0.3, 0.4) is 0 Å². The van der Waals surface area contributed by atoms with E-state index in [0.717, 1.165) is 0 Å². The number of hydrogen-bond acceptors (Lipinski definition) is 10. The molecule has 2 aromatic rings. The maximum absolute atomic E-state index is 10.8. The molecule has 0 saturated carbocycles. The standard InChI is InChI=1S/C22H26O10/c1-29-10-2-5-13-16(7-10)30-9-14(18(13)25)12-4-3-11(6-15(12)24)31-22-21(28)20(27)19(26)17(8-23)32-22/h2-7,14,17-28H,8-9H2,1H3/t14-,17+,18+,19+,20-,21+,22+/m0/s1. The predicted molar refractivity (Wildman–Crippen MR) is 109 cm³/mol. The van der Waals surface area contributed by atoms with Gasteiger partial charge in [-0.1, -0.05) is 6.07 Å². The number of rotatable bonds is 5. The summed E-state index contributed by atoms with van der Waals surface area (Å²) in [6.45, 7) is -0.455. The van der Waals surface area contributed by atoms with E-state index in [4.69, 9.17) is 18.9 Å². The molecule has 10 nitrogen and oxygen atoms in total. The Balaban J connectivity index is 1.51. The third-order valence-corrected chi connectivity index (χ3v) is 5.84. The number of ether oxygens (including phenoxy) is 4. The van der Waals surface area contributed by atoms with E-state index in [0.29, 0.717) is 22.6 Å². The predicted octanol–water partition coefficient (Wildman–Crippen LogP) is -0.211. The topological polar surface area (TPSA) is 158 Å². The molecule has 1 saturated heterocycles. The first-order chi connectivity index (χ1) is 15.3. The zero-order valence-electron chi connectivity index (χ0n) is 17.2. The number of phenolic OH excluding ortho intramolecular Hbond substituents is 1. The second-order valence-electron chi connectivity index (χ2n) is 7.80. The summed E-state index contributed by atoms with van der Waals surface area (Å²) >= 11 is 0. The number of aromatic hydroxyl groups is 1. The SMILES string of the molecule is COc1ccc2c(c1)OC[C@@H](c1ccc(O[C@@H]3O[C@H](CO)[C@@H](O)[C@H](O)[C@H]3O)cc1O)[C@@H]2O. The van der Waals surface area contributed by atoms with Crippen molar-refractivity contribution in [3.8, 4) is 23.0 Å². The van der Waals surface area contributed by atoms with Crippen molar-refractivity contribution in [2.75, 3.05) is 20.3 Å². The molecular formula is C22H26O10. The first-order valence-electron chi connectivity index (χ1n) is 10.1. The molecule has 0 unspecified atom stereocenters. The summed E-state index contributed by atoms with van der Waals surface area (Å²) in [4.78, 5) is 0. The maximum Gasteiger partial charge on any atom is 0.229 e. The fourth-order valence-electron chi connectivity index (χ4n) is 3.97. The first kappa shape index (κ1) is 22.6. The average molecular weight is 450 g/mol. The number of benzene rings is 2. The largest absolute Gasteiger partial charge is 0.508 e. The Kier molecular flexibility index (Phi) is 6.42. The molecular weight excluding hydrogens is 424 g/mol. The Morgan fingerprint density at radius 2 is 1.66 bits per heavy atom. The van der Waals surface area contributed by atoms with Crippen LogP contribution >= 0.6 is 0 Å². The minimum Gasteiger partial charge on any atom is -0.508 e. The highest BCUT2D eigenvalue weighted by molar-refractivity contribution is 5.48. The van der Waals surface area contributed by atoms with Gasteiger partial charge >= 0.3 is 0 Å². The number of fused-ring (bicyclic) bond motifs is 1. The number of methoxy groups -OCH3 is 1. The van der Waals surface area contributed by atoms with Crippen LogP contribution in [0.4, 0.5) is 0 Å². The molecule has 0 bridgehead atoms. The zero-order valence-corrected chi connectivity index (χ0v) is 17.2. The molecule has 2 aromatic carbocycles. The normalized spacial score (nSPS) is 32.0. The van der Waals surface area contributed by atoms with E-state index in [-0.39, 0.29) is 18.1 Å². The second-order valence-corrected chi connectivity index (χ2v) is 7.80. The van der Waals surface area contributed by atoms with E-state index in [2.05, 4.69) is 0 Å². The van der Waals surface area contributed by atoms with Crippen molar-refractivity contribution in [2.24, 2.45) is 0 Å². The third-order valence-electron chi connectivity index (χ3n) is 5.84. The van der Waals surface area contributed by atoms with Gasteiger partial charge in [-0.2, -0.15) is 0 Å². The Bertz CT molecular complexity index is 948. The van der Waals surface area contributed by atoms with Gasteiger partial charge in [-0.3, -0.25) is 0 Å². The molecule has 0 amide bonds. The van der Waals surface area contributed by atoms with Gasteiger partial charge in [0.1, 0.15) is 47.4 Å². The molecule has 2 aliphatic rings. The lowest BCUT2D eigenvalue weighted by atomic mass is 9.87. The summed E-state index contributed by atoms with van der Waals surface area (Å²) in [5, 5.41) is 60.6. The Hall–Kier alpha value is -2.60. The van der Waals surface area contributed by atoms with Gasteiger partial charge in [-0.15, -0.1) is 0 Å². The van der Waals surface area contributed by atoms with Crippen LogP contribution in [-0.2, 0) is 4.74 Å². The molecule has 4 rings (SSSR count). The van der Waals surface area contributed by atoms with Gasteiger partial charge in [0, 0.05) is 23.3 Å². The molecule has 0 aromatic heterocycles. The van der Waals surface area contributed by atoms with Crippen molar-refractivity contribution in [1.29, 1.82) is 0 Å². The van der Waals surface area contributed by atoms with E-state index in [1.165, 1.54) is 19.2 Å². The lowest BCUT2D eigenvalue weighted by molar-refractivity contribution is -0.277. The fraction of sp³-hybridized carbons (Fsp3) is 0.455. The van der Waals surface area contributed by atoms with Crippen LogP contribution in [0.5, 0.6) is 23.0 Å². The summed E-state index contributed by atoms with van der Waals surface area (Å²) in [6, 6.07) is 9.45. The van der Waals surface area contributed by atoms with Crippen LogP contribution in [0.15, 0.2) is 36.4 Å². The highest BCUT2D eigenvalue weighted by atomic mass is 16.7. The second kappa shape index (κ2) is 9.10.